The summed E-state index contributed by atoms with van der Waals surface area (Å²) in [6.45, 7) is 4.37. The van der Waals surface area contributed by atoms with Gasteiger partial charge in [-0.3, -0.25) is 4.79 Å². The Morgan fingerprint density at radius 1 is 1.00 bits per heavy atom. The maximum atomic E-state index is 12.0. The van der Waals surface area contributed by atoms with E-state index in [1.807, 2.05) is 19.9 Å². The maximum Gasteiger partial charge on any atom is 0.338 e. The molecule has 1 amide bonds. The van der Waals surface area contributed by atoms with Crippen molar-refractivity contribution >= 4 is 40.2 Å². The van der Waals surface area contributed by atoms with Crippen LogP contribution in [0.15, 0.2) is 42.5 Å². The maximum absolute atomic E-state index is 12.0. The van der Waals surface area contributed by atoms with Gasteiger partial charge >= 0.3 is 5.97 Å². The summed E-state index contributed by atoms with van der Waals surface area (Å²) in [6.07, 6.45) is 0. The second-order valence-electron chi connectivity index (χ2n) is 5.16. The van der Waals surface area contributed by atoms with Crippen LogP contribution < -0.4 is 14.8 Å². The zero-order valence-electron chi connectivity index (χ0n) is 14.6. The summed E-state index contributed by atoms with van der Waals surface area (Å²) < 4.78 is 17.0. The smallest absolute Gasteiger partial charge is 0.338 e. The number of esters is 1. The van der Waals surface area contributed by atoms with E-state index in [9.17, 15) is 9.59 Å². The van der Waals surface area contributed by atoms with Gasteiger partial charge in [0.25, 0.3) is 5.91 Å². The average Bonchev–Trinajstić information content (AvgIpc) is 2.62. The number of carbonyl (C=O) groups is 2. The van der Waals surface area contributed by atoms with E-state index >= 15 is 0 Å². The molecule has 0 saturated carbocycles. The van der Waals surface area contributed by atoms with Crippen LogP contribution in [0.1, 0.15) is 24.2 Å². The van der Waals surface area contributed by atoms with Crippen molar-refractivity contribution in [3.8, 4) is 11.5 Å². The highest BCUT2D eigenvalue weighted by atomic mass is 127. The first kappa shape index (κ1) is 20.0. The average molecular weight is 469 g/mol. The Labute approximate surface area is 166 Å². The minimum absolute atomic E-state index is 0.374. The fourth-order valence-corrected chi connectivity index (χ4v) is 2.70. The first-order chi connectivity index (χ1) is 12.5. The molecule has 0 aliphatic rings. The van der Waals surface area contributed by atoms with Gasteiger partial charge < -0.3 is 19.5 Å². The number of halogens is 1. The van der Waals surface area contributed by atoms with Crippen LogP contribution in [0.2, 0.25) is 0 Å². The molecule has 1 N–H and O–H groups in total. The second-order valence-corrected chi connectivity index (χ2v) is 6.41. The largest absolute Gasteiger partial charge is 0.490 e. The molecule has 7 heteroatoms. The van der Waals surface area contributed by atoms with Crippen molar-refractivity contribution < 1.29 is 23.8 Å². The molecule has 0 atom stereocenters. The van der Waals surface area contributed by atoms with E-state index < -0.39 is 11.9 Å². The van der Waals surface area contributed by atoms with Gasteiger partial charge in [-0.2, -0.15) is 0 Å². The highest BCUT2D eigenvalue weighted by Crippen LogP contribution is 2.30. The molecule has 0 fully saturated rings. The monoisotopic (exact) mass is 469 g/mol. The Balaban J connectivity index is 1.94. The number of nitrogens with one attached hydrogen (secondary N) is 1. The van der Waals surface area contributed by atoms with E-state index in [4.69, 9.17) is 14.2 Å². The molecule has 0 aliphatic heterocycles. The summed E-state index contributed by atoms with van der Waals surface area (Å²) in [6, 6.07) is 12.1. The van der Waals surface area contributed by atoms with E-state index in [1.54, 1.807) is 36.4 Å². The van der Waals surface area contributed by atoms with Crippen molar-refractivity contribution in [2.24, 2.45) is 0 Å². The quantitative estimate of drug-likeness (QED) is 0.469. The molecule has 2 rings (SSSR count). The number of rotatable bonds is 8. The Hall–Kier alpha value is -2.29. The van der Waals surface area contributed by atoms with Gasteiger partial charge in [-0.1, -0.05) is 6.07 Å². The van der Waals surface area contributed by atoms with Crippen molar-refractivity contribution in [1.82, 2.24) is 0 Å². The Kier molecular flexibility index (Phi) is 7.71. The topological polar surface area (TPSA) is 73.9 Å². The lowest BCUT2D eigenvalue weighted by atomic mass is 10.2. The summed E-state index contributed by atoms with van der Waals surface area (Å²) in [5.41, 5.74) is 0.941. The molecule has 138 valence electrons. The van der Waals surface area contributed by atoms with Crippen LogP contribution in [0.4, 0.5) is 5.69 Å². The molecule has 0 saturated heterocycles. The number of benzene rings is 2. The number of carbonyl (C=O) groups excluding carboxylic acids is 2. The number of amides is 1. The van der Waals surface area contributed by atoms with Gasteiger partial charge in [-0.15, -0.1) is 0 Å². The van der Waals surface area contributed by atoms with Crippen LogP contribution in [0.25, 0.3) is 0 Å². The third kappa shape index (κ3) is 5.91. The Bertz CT molecular complexity index is 778. The number of ether oxygens (including phenoxy) is 3. The minimum Gasteiger partial charge on any atom is -0.490 e. The van der Waals surface area contributed by atoms with Gasteiger partial charge in [0.2, 0.25) is 0 Å². The standard InChI is InChI=1S/C19H20INO5/c1-3-24-16-9-8-15(11-17(16)25-4-2)21-18(22)12-26-19(23)13-6-5-7-14(20)10-13/h5-11H,3-4,12H2,1-2H3,(H,21,22). The van der Waals surface area contributed by atoms with Crippen molar-refractivity contribution in [2.45, 2.75) is 13.8 Å². The molecule has 2 aromatic carbocycles. The summed E-state index contributed by atoms with van der Waals surface area (Å²) >= 11 is 2.10. The van der Waals surface area contributed by atoms with E-state index in [1.165, 1.54) is 0 Å². The van der Waals surface area contributed by atoms with Crippen LogP contribution in [0.3, 0.4) is 0 Å². The van der Waals surface area contributed by atoms with Gasteiger partial charge in [0.15, 0.2) is 18.1 Å². The van der Waals surface area contributed by atoms with E-state index in [-0.39, 0.29) is 6.61 Å². The van der Waals surface area contributed by atoms with Crippen molar-refractivity contribution in [3.63, 3.8) is 0 Å². The predicted molar refractivity (Wildman–Crippen MR) is 107 cm³/mol. The van der Waals surface area contributed by atoms with Gasteiger partial charge in [-0.05, 0) is 66.8 Å². The van der Waals surface area contributed by atoms with E-state index in [0.717, 1.165) is 3.57 Å². The van der Waals surface area contributed by atoms with Crippen LogP contribution in [0.5, 0.6) is 11.5 Å². The van der Waals surface area contributed by atoms with Crippen molar-refractivity contribution in [1.29, 1.82) is 0 Å². The van der Waals surface area contributed by atoms with Gasteiger partial charge in [0.1, 0.15) is 0 Å². The second kappa shape index (κ2) is 10.0. The van der Waals surface area contributed by atoms with E-state index in [0.29, 0.717) is 36.0 Å². The van der Waals surface area contributed by atoms with Crippen molar-refractivity contribution in [2.75, 3.05) is 25.1 Å². The Morgan fingerprint density at radius 2 is 1.73 bits per heavy atom. The van der Waals surface area contributed by atoms with Gasteiger partial charge in [-0.25, -0.2) is 4.79 Å². The van der Waals surface area contributed by atoms with Crippen LogP contribution in [0, 0.1) is 3.57 Å². The molecule has 6 nitrogen and oxygen atoms in total. The zero-order chi connectivity index (χ0) is 18.9. The highest BCUT2D eigenvalue weighted by molar-refractivity contribution is 14.1. The summed E-state index contributed by atoms with van der Waals surface area (Å²) in [5.74, 6) is 0.177. The molecule has 0 unspecified atom stereocenters. The van der Waals surface area contributed by atoms with Gasteiger partial charge in [0, 0.05) is 15.3 Å². The zero-order valence-corrected chi connectivity index (χ0v) is 16.7. The molecule has 0 spiro atoms. The molecule has 0 heterocycles. The summed E-state index contributed by atoms with van der Waals surface area (Å²) in [7, 11) is 0. The van der Waals surface area contributed by atoms with Crippen LogP contribution in [-0.2, 0) is 9.53 Å². The van der Waals surface area contributed by atoms with Crippen LogP contribution in [-0.4, -0.2) is 31.7 Å². The third-order valence-electron chi connectivity index (χ3n) is 3.22. The molecule has 0 aromatic heterocycles. The Morgan fingerprint density at radius 3 is 2.42 bits per heavy atom. The first-order valence-corrected chi connectivity index (χ1v) is 9.23. The SMILES string of the molecule is CCOc1ccc(NC(=O)COC(=O)c2cccc(I)c2)cc1OCC. The lowest BCUT2D eigenvalue weighted by Crippen LogP contribution is -2.21. The lowest BCUT2D eigenvalue weighted by molar-refractivity contribution is -0.119. The first-order valence-electron chi connectivity index (χ1n) is 8.15. The number of anilines is 1. The summed E-state index contributed by atoms with van der Waals surface area (Å²) in [5, 5.41) is 2.68. The fourth-order valence-electron chi connectivity index (χ4n) is 2.16. The normalized spacial score (nSPS) is 10.1. The number of hydrogen-bond acceptors (Lipinski definition) is 5. The molecular formula is C19H20INO5. The minimum atomic E-state index is -0.541. The molecule has 2 aromatic rings. The van der Waals surface area contributed by atoms with Gasteiger partial charge in [0.05, 0.1) is 18.8 Å². The molecule has 0 radical (unpaired) electrons. The molecule has 26 heavy (non-hydrogen) atoms. The van der Waals surface area contributed by atoms with Crippen LogP contribution >= 0.6 is 22.6 Å². The number of hydrogen-bond donors (Lipinski definition) is 1. The fraction of sp³-hybridized carbons (Fsp3) is 0.263. The van der Waals surface area contributed by atoms with E-state index in [2.05, 4.69) is 27.9 Å². The third-order valence-corrected chi connectivity index (χ3v) is 3.89. The molecular weight excluding hydrogens is 449 g/mol. The highest BCUT2D eigenvalue weighted by Gasteiger charge is 2.12. The lowest BCUT2D eigenvalue weighted by Gasteiger charge is -2.13. The molecule has 0 aliphatic carbocycles. The summed E-state index contributed by atoms with van der Waals surface area (Å²) in [4.78, 5) is 24.0. The van der Waals surface area contributed by atoms with Crippen molar-refractivity contribution in [3.05, 3.63) is 51.6 Å². The molecule has 0 bridgehead atoms. The predicted octanol–water partition coefficient (Wildman–Crippen LogP) is 3.88.